The highest BCUT2D eigenvalue weighted by Gasteiger charge is 2.16. The van der Waals surface area contributed by atoms with Crippen molar-refractivity contribution in [2.24, 2.45) is 5.73 Å². The van der Waals surface area contributed by atoms with Crippen LogP contribution in [0.25, 0.3) is 0 Å². The summed E-state index contributed by atoms with van der Waals surface area (Å²) in [4.78, 5) is 17.7. The van der Waals surface area contributed by atoms with Gasteiger partial charge in [0, 0.05) is 31.4 Å². The number of rotatable bonds is 8. The summed E-state index contributed by atoms with van der Waals surface area (Å²) < 4.78 is 5.53. The van der Waals surface area contributed by atoms with Crippen LogP contribution in [0.4, 0.5) is 4.79 Å². The maximum absolute atomic E-state index is 12.2. The molecule has 0 aliphatic carbocycles. The highest BCUT2D eigenvalue weighted by Crippen LogP contribution is 2.05. The number of carbonyl (C=O) groups excluding carboxylic acids is 1. The Morgan fingerprint density at radius 3 is 2.73 bits per heavy atom. The molecule has 2 rings (SSSR count). The van der Waals surface area contributed by atoms with E-state index < -0.39 is 6.03 Å². The van der Waals surface area contributed by atoms with Gasteiger partial charge in [0.2, 0.25) is 0 Å². The molecule has 7 heteroatoms. The number of nitrogens with two attached hydrogens (primary N) is 1. The minimum atomic E-state index is -0.408. The number of amides is 2. The molecule has 2 amide bonds. The third kappa shape index (κ3) is 6.18. The molecule has 138 valence electrons. The van der Waals surface area contributed by atoms with E-state index in [1.165, 1.54) is 4.90 Å². The average molecular weight is 355 g/mol. The van der Waals surface area contributed by atoms with Crippen molar-refractivity contribution < 1.29 is 9.53 Å². The number of guanidine groups is 1. The van der Waals surface area contributed by atoms with E-state index in [0.29, 0.717) is 32.7 Å². The zero-order valence-electron chi connectivity index (χ0n) is 14.9. The minimum absolute atomic E-state index is 0.290. The van der Waals surface area contributed by atoms with Crippen LogP contribution in [0.2, 0.25) is 0 Å². The first kappa shape index (κ1) is 19.4. The summed E-state index contributed by atoms with van der Waals surface area (Å²) in [6.45, 7) is 3.48. The van der Waals surface area contributed by atoms with Crippen LogP contribution in [0.1, 0.15) is 16.8 Å². The molecule has 0 saturated carbocycles. The molecule has 2 aromatic rings. The molecule has 0 aliphatic rings. The van der Waals surface area contributed by atoms with Crippen molar-refractivity contribution in [3.8, 4) is 0 Å². The number of aromatic nitrogens is 1. The smallest absolute Gasteiger partial charge is 0.324 e. The van der Waals surface area contributed by atoms with Gasteiger partial charge in [-0.15, -0.1) is 0 Å². The molecule has 7 nitrogen and oxygen atoms in total. The van der Waals surface area contributed by atoms with E-state index in [1.54, 1.807) is 6.20 Å². The van der Waals surface area contributed by atoms with Crippen LogP contribution in [-0.4, -0.2) is 41.6 Å². The van der Waals surface area contributed by atoms with Crippen LogP contribution in [-0.2, 0) is 17.8 Å². The van der Waals surface area contributed by atoms with E-state index in [1.807, 2.05) is 49.4 Å². The van der Waals surface area contributed by atoms with Gasteiger partial charge in [-0.3, -0.25) is 15.3 Å². The van der Waals surface area contributed by atoms with E-state index in [4.69, 9.17) is 15.9 Å². The van der Waals surface area contributed by atoms with Crippen LogP contribution in [0.15, 0.2) is 48.7 Å². The van der Waals surface area contributed by atoms with Gasteiger partial charge in [0.05, 0.1) is 13.2 Å². The zero-order valence-corrected chi connectivity index (χ0v) is 14.9. The lowest BCUT2D eigenvalue weighted by atomic mass is 10.1. The van der Waals surface area contributed by atoms with Gasteiger partial charge in [-0.05, 0) is 24.1 Å². The van der Waals surface area contributed by atoms with Crippen LogP contribution >= 0.6 is 0 Å². The molecular weight excluding hydrogens is 330 g/mol. The van der Waals surface area contributed by atoms with Gasteiger partial charge in [0.25, 0.3) is 0 Å². The summed E-state index contributed by atoms with van der Waals surface area (Å²) in [5.74, 6) is -0.290. The first-order valence-electron chi connectivity index (χ1n) is 8.49. The Bertz CT molecular complexity index is 721. The second kappa shape index (κ2) is 10.1. The number of nitrogens with one attached hydrogen (secondary N) is 2. The monoisotopic (exact) mass is 355 g/mol. The predicted octanol–water partition coefficient (Wildman–Crippen LogP) is 2.05. The quantitative estimate of drug-likeness (QED) is 0.383. The van der Waals surface area contributed by atoms with E-state index in [-0.39, 0.29) is 5.96 Å². The molecule has 1 aromatic heterocycles. The van der Waals surface area contributed by atoms with Gasteiger partial charge in [-0.1, -0.05) is 36.4 Å². The van der Waals surface area contributed by atoms with Gasteiger partial charge >= 0.3 is 6.03 Å². The van der Waals surface area contributed by atoms with Gasteiger partial charge in [0.15, 0.2) is 5.96 Å². The SMILES string of the molecule is Cc1cccnc1CCN(C(=N)N)C(=O)NCCOCc1ccccc1. The number of aryl methyl sites for hydroxylation is 1. The second-order valence-corrected chi connectivity index (χ2v) is 5.82. The summed E-state index contributed by atoms with van der Waals surface area (Å²) >= 11 is 0. The topological polar surface area (TPSA) is 104 Å². The number of nitrogens with zero attached hydrogens (tertiary/aromatic N) is 2. The lowest BCUT2D eigenvalue weighted by Crippen LogP contribution is -2.48. The van der Waals surface area contributed by atoms with Crippen LogP contribution in [0.5, 0.6) is 0 Å². The van der Waals surface area contributed by atoms with Crippen molar-refractivity contribution in [3.05, 3.63) is 65.5 Å². The fourth-order valence-electron chi connectivity index (χ4n) is 2.42. The van der Waals surface area contributed by atoms with Crippen molar-refractivity contribution >= 4 is 12.0 Å². The summed E-state index contributed by atoms with van der Waals surface area (Å²) in [5, 5.41) is 10.3. The fraction of sp³-hybridized carbons (Fsp3) is 0.316. The Labute approximate surface area is 153 Å². The molecule has 0 unspecified atom stereocenters. The summed E-state index contributed by atoms with van der Waals surface area (Å²) in [5.41, 5.74) is 8.56. The Balaban J connectivity index is 1.73. The maximum atomic E-state index is 12.2. The van der Waals surface area contributed by atoms with Crippen molar-refractivity contribution in [1.29, 1.82) is 5.41 Å². The Hall–Kier alpha value is -2.93. The molecular formula is C19H25N5O2. The van der Waals surface area contributed by atoms with Crippen molar-refractivity contribution in [2.45, 2.75) is 20.0 Å². The molecule has 0 spiro atoms. The minimum Gasteiger partial charge on any atom is -0.375 e. The highest BCUT2D eigenvalue weighted by molar-refractivity contribution is 5.93. The number of carbonyl (C=O) groups is 1. The number of hydrogen-bond acceptors (Lipinski definition) is 4. The molecule has 26 heavy (non-hydrogen) atoms. The molecule has 4 N–H and O–H groups in total. The lowest BCUT2D eigenvalue weighted by molar-refractivity contribution is 0.122. The van der Waals surface area contributed by atoms with E-state index in [0.717, 1.165) is 16.8 Å². The molecule has 0 fully saturated rings. The van der Waals surface area contributed by atoms with Crippen molar-refractivity contribution in [3.63, 3.8) is 0 Å². The Morgan fingerprint density at radius 1 is 1.27 bits per heavy atom. The van der Waals surface area contributed by atoms with Gasteiger partial charge in [0.1, 0.15) is 0 Å². The number of urea groups is 1. The fourth-order valence-corrected chi connectivity index (χ4v) is 2.42. The van der Waals surface area contributed by atoms with Gasteiger partial charge in [-0.2, -0.15) is 0 Å². The predicted molar refractivity (Wildman–Crippen MR) is 101 cm³/mol. The Morgan fingerprint density at radius 2 is 2.04 bits per heavy atom. The lowest BCUT2D eigenvalue weighted by Gasteiger charge is -2.21. The standard InChI is InChI=1S/C19H25N5O2/c1-15-6-5-10-22-17(15)9-12-24(18(20)21)19(25)23-11-13-26-14-16-7-3-2-4-8-16/h2-8,10H,9,11-14H2,1H3,(H3,20,21)(H,23,25). The third-order valence-corrected chi connectivity index (χ3v) is 3.86. The Kier molecular flexibility index (Phi) is 7.57. The molecule has 1 aromatic carbocycles. The summed E-state index contributed by atoms with van der Waals surface area (Å²) in [7, 11) is 0. The van der Waals surface area contributed by atoms with Crippen molar-refractivity contribution in [2.75, 3.05) is 19.7 Å². The number of hydrogen-bond donors (Lipinski definition) is 3. The maximum Gasteiger partial charge on any atom is 0.324 e. The van der Waals surface area contributed by atoms with Crippen LogP contribution in [0.3, 0.4) is 0 Å². The van der Waals surface area contributed by atoms with E-state index >= 15 is 0 Å². The largest absolute Gasteiger partial charge is 0.375 e. The number of pyridine rings is 1. The van der Waals surface area contributed by atoms with E-state index in [2.05, 4.69) is 10.3 Å². The normalized spacial score (nSPS) is 10.3. The molecule has 0 aliphatic heterocycles. The summed E-state index contributed by atoms with van der Waals surface area (Å²) in [6, 6.07) is 13.2. The molecule has 0 bridgehead atoms. The van der Waals surface area contributed by atoms with E-state index in [9.17, 15) is 4.79 Å². The molecule has 0 radical (unpaired) electrons. The van der Waals surface area contributed by atoms with Crippen molar-refractivity contribution in [1.82, 2.24) is 15.2 Å². The average Bonchev–Trinajstić information content (AvgIpc) is 2.63. The third-order valence-electron chi connectivity index (χ3n) is 3.86. The summed E-state index contributed by atoms with van der Waals surface area (Å²) in [6.07, 6.45) is 2.24. The number of benzene rings is 1. The highest BCUT2D eigenvalue weighted by atomic mass is 16.5. The van der Waals surface area contributed by atoms with Crippen LogP contribution < -0.4 is 11.1 Å². The molecule has 0 saturated heterocycles. The number of ether oxygens (including phenoxy) is 1. The van der Waals surface area contributed by atoms with Gasteiger partial charge < -0.3 is 15.8 Å². The molecule has 1 heterocycles. The second-order valence-electron chi connectivity index (χ2n) is 5.82. The van der Waals surface area contributed by atoms with Gasteiger partial charge in [-0.25, -0.2) is 4.79 Å². The zero-order chi connectivity index (χ0) is 18.8. The molecule has 0 atom stereocenters. The van der Waals surface area contributed by atoms with Crippen LogP contribution in [0, 0.1) is 12.3 Å². The first-order chi connectivity index (χ1) is 12.6. The first-order valence-corrected chi connectivity index (χ1v) is 8.49.